The Morgan fingerprint density at radius 3 is 3.00 bits per heavy atom. The van der Waals surface area contributed by atoms with E-state index in [4.69, 9.17) is 0 Å². The summed E-state index contributed by atoms with van der Waals surface area (Å²) in [6, 6.07) is 9.51. The van der Waals surface area contributed by atoms with Crippen molar-refractivity contribution in [2.24, 2.45) is 0 Å². The van der Waals surface area contributed by atoms with E-state index in [1.54, 1.807) is 23.5 Å². The molecular formula is C16H16N2O2S. The van der Waals surface area contributed by atoms with Gasteiger partial charge in [-0.2, -0.15) is 0 Å². The lowest BCUT2D eigenvalue weighted by atomic mass is 10.00. The van der Waals surface area contributed by atoms with Gasteiger partial charge in [-0.1, -0.05) is 6.07 Å². The van der Waals surface area contributed by atoms with Gasteiger partial charge in [0.2, 0.25) is 5.91 Å². The van der Waals surface area contributed by atoms with Crippen molar-refractivity contribution in [1.82, 2.24) is 5.32 Å². The summed E-state index contributed by atoms with van der Waals surface area (Å²) in [7, 11) is 0. The summed E-state index contributed by atoms with van der Waals surface area (Å²) in [5.74, 6) is -0.0260. The number of hydrogen-bond donors (Lipinski definition) is 2. The third-order valence-electron chi connectivity index (χ3n) is 3.50. The molecule has 5 heteroatoms. The topological polar surface area (TPSA) is 58.2 Å². The molecule has 2 aromatic rings. The van der Waals surface area contributed by atoms with Crippen LogP contribution in [-0.4, -0.2) is 18.4 Å². The minimum Gasteiger partial charge on any atom is -0.352 e. The Labute approximate surface area is 127 Å². The average Bonchev–Trinajstić information content (AvgIpc) is 3.00. The van der Waals surface area contributed by atoms with Crippen LogP contribution in [0.1, 0.15) is 27.2 Å². The summed E-state index contributed by atoms with van der Waals surface area (Å²) in [6.45, 7) is 0.632. The Morgan fingerprint density at radius 2 is 2.19 bits per heavy atom. The van der Waals surface area contributed by atoms with E-state index in [1.165, 1.54) is 4.88 Å². The molecule has 0 unspecified atom stereocenters. The van der Waals surface area contributed by atoms with Crippen molar-refractivity contribution in [3.63, 3.8) is 0 Å². The van der Waals surface area contributed by atoms with Crippen LogP contribution < -0.4 is 10.6 Å². The van der Waals surface area contributed by atoms with Crippen molar-refractivity contribution in [1.29, 1.82) is 0 Å². The van der Waals surface area contributed by atoms with Gasteiger partial charge in [-0.05, 0) is 48.1 Å². The molecule has 2 heterocycles. The van der Waals surface area contributed by atoms with Gasteiger partial charge in [-0.25, -0.2) is 0 Å². The number of carbonyl (C=O) groups excluding carboxylic acids is 2. The quantitative estimate of drug-likeness (QED) is 0.912. The molecule has 0 fully saturated rings. The van der Waals surface area contributed by atoms with Crippen molar-refractivity contribution < 1.29 is 9.59 Å². The molecule has 0 saturated heterocycles. The largest absolute Gasteiger partial charge is 0.352 e. The van der Waals surface area contributed by atoms with E-state index in [0.717, 1.165) is 17.7 Å². The second-order valence-corrected chi connectivity index (χ2v) is 6.04. The van der Waals surface area contributed by atoms with Crippen LogP contribution in [0.15, 0.2) is 35.7 Å². The number of thiophene rings is 1. The molecule has 1 aromatic heterocycles. The molecule has 4 nitrogen and oxygen atoms in total. The number of rotatable bonds is 4. The van der Waals surface area contributed by atoms with Gasteiger partial charge in [-0.15, -0.1) is 11.3 Å². The van der Waals surface area contributed by atoms with Crippen LogP contribution in [-0.2, 0) is 17.6 Å². The van der Waals surface area contributed by atoms with E-state index in [0.29, 0.717) is 24.9 Å². The average molecular weight is 300 g/mol. The summed E-state index contributed by atoms with van der Waals surface area (Å²) in [4.78, 5) is 24.7. The normalized spacial score (nSPS) is 13.4. The molecule has 1 aromatic carbocycles. The number of carbonyl (C=O) groups is 2. The van der Waals surface area contributed by atoms with Crippen LogP contribution in [0, 0.1) is 0 Å². The van der Waals surface area contributed by atoms with Crippen molar-refractivity contribution in [2.75, 3.05) is 11.9 Å². The number of hydrogen-bond acceptors (Lipinski definition) is 3. The summed E-state index contributed by atoms with van der Waals surface area (Å²) < 4.78 is 0. The predicted molar refractivity (Wildman–Crippen MR) is 83.7 cm³/mol. The number of nitrogens with one attached hydrogen (secondary N) is 2. The SMILES string of the molecule is O=C1CCc2cc(C(=O)NCCc3cccs3)ccc2N1. The molecule has 108 valence electrons. The molecule has 1 aliphatic rings. The van der Waals surface area contributed by atoms with E-state index in [-0.39, 0.29) is 11.8 Å². The van der Waals surface area contributed by atoms with Crippen LogP contribution in [0.5, 0.6) is 0 Å². The number of aryl methyl sites for hydroxylation is 1. The Morgan fingerprint density at radius 1 is 1.29 bits per heavy atom. The predicted octanol–water partition coefficient (Wildman–Crippen LogP) is 2.61. The molecule has 2 amide bonds. The van der Waals surface area contributed by atoms with Gasteiger partial charge < -0.3 is 10.6 Å². The first-order valence-electron chi connectivity index (χ1n) is 6.96. The minimum atomic E-state index is -0.0637. The third kappa shape index (κ3) is 3.31. The van der Waals surface area contributed by atoms with Crippen molar-refractivity contribution in [3.05, 3.63) is 51.7 Å². The maximum Gasteiger partial charge on any atom is 0.251 e. The fraction of sp³-hybridized carbons (Fsp3) is 0.250. The lowest BCUT2D eigenvalue weighted by molar-refractivity contribution is -0.116. The fourth-order valence-electron chi connectivity index (χ4n) is 2.38. The van der Waals surface area contributed by atoms with Crippen LogP contribution in [0.3, 0.4) is 0 Å². The molecule has 0 bridgehead atoms. The molecule has 0 radical (unpaired) electrons. The molecule has 0 spiro atoms. The number of amides is 2. The Kier molecular flexibility index (Phi) is 4.01. The van der Waals surface area contributed by atoms with E-state index >= 15 is 0 Å². The Hall–Kier alpha value is -2.14. The first-order chi connectivity index (χ1) is 10.2. The summed E-state index contributed by atoms with van der Waals surface area (Å²) >= 11 is 1.70. The highest BCUT2D eigenvalue weighted by Crippen LogP contribution is 2.23. The van der Waals surface area contributed by atoms with Crippen molar-refractivity contribution >= 4 is 28.8 Å². The van der Waals surface area contributed by atoms with Crippen molar-refractivity contribution in [2.45, 2.75) is 19.3 Å². The van der Waals surface area contributed by atoms with Gasteiger partial charge in [0.15, 0.2) is 0 Å². The Balaban J connectivity index is 1.61. The fourth-order valence-corrected chi connectivity index (χ4v) is 3.09. The third-order valence-corrected chi connectivity index (χ3v) is 4.44. The molecule has 0 saturated carbocycles. The van der Waals surface area contributed by atoms with Crippen LogP contribution in [0.25, 0.3) is 0 Å². The van der Waals surface area contributed by atoms with Gasteiger partial charge in [-0.3, -0.25) is 9.59 Å². The first kappa shape index (κ1) is 13.8. The Bertz CT molecular complexity index is 665. The number of benzene rings is 1. The molecular weight excluding hydrogens is 284 g/mol. The van der Waals surface area contributed by atoms with E-state index in [1.807, 2.05) is 17.5 Å². The highest BCUT2D eigenvalue weighted by Gasteiger charge is 2.16. The van der Waals surface area contributed by atoms with Gasteiger partial charge in [0, 0.05) is 29.1 Å². The molecule has 2 N–H and O–H groups in total. The van der Waals surface area contributed by atoms with E-state index in [9.17, 15) is 9.59 Å². The van der Waals surface area contributed by atoms with E-state index in [2.05, 4.69) is 16.7 Å². The van der Waals surface area contributed by atoms with Gasteiger partial charge in [0.1, 0.15) is 0 Å². The second kappa shape index (κ2) is 6.10. The summed E-state index contributed by atoms with van der Waals surface area (Å²) in [5, 5.41) is 7.79. The molecule has 1 aliphatic heterocycles. The number of fused-ring (bicyclic) bond motifs is 1. The van der Waals surface area contributed by atoms with Gasteiger partial charge >= 0.3 is 0 Å². The van der Waals surface area contributed by atoms with Crippen LogP contribution in [0.2, 0.25) is 0 Å². The lowest BCUT2D eigenvalue weighted by Gasteiger charge is -2.17. The summed E-state index contributed by atoms with van der Waals surface area (Å²) in [6.07, 6.45) is 2.03. The standard InChI is InChI=1S/C16H16N2O2S/c19-15-6-4-11-10-12(3-5-14(11)18-15)16(20)17-8-7-13-2-1-9-21-13/h1-3,5,9-10H,4,6-8H2,(H,17,20)(H,18,19). The van der Waals surface area contributed by atoms with Crippen LogP contribution in [0.4, 0.5) is 5.69 Å². The van der Waals surface area contributed by atoms with Gasteiger partial charge in [0.05, 0.1) is 0 Å². The second-order valence-electron chi connectivity index (χ2n) is 5.01. The monoisotopic (exact) mass is 300 g/mol. The zero-order valence-electron chi connectivity index (χ0n) is 11.5. The minimum absolute atomic E-state index is 0.0376. The highest BCUT2D eigenvalue weighted by molar-refractivity contribution is 7.09. The smallest absolute Gasteiger partial charge is 0.251 e. The number of anilines is 1. The highest BCUT2D eigenvalue weighted by atomic mass is 32.1. The van der Waals surface area contributed by atoms with E-state index < -0.39 is 0 Å². The first-order valence-corrected chi connectivity index (χ1v) is 7.84. The van der Waals surface area contributed by atoms with Crippen molar-refractivity contribution in [3.8, 4) is 0 Å². The summed E-state index contributed by atoms with van der Waals surface area (Å²) in [5.41, 5.74) is 2.50. The zero-order chi connectivity index (χ0) is 14.7. The molecule has 3 rings (SSSR count). The molecule has 21 heavy (non-hydrogen) atoms. The van der Waals surface area contributed by atoms with Gasteiger partial charge in [0.25, 0.3) is 5.91 Å². The lowest BCUT2D eigenvalue weighted by Crippen LogP contribution is -2.26. The maximum absolute atomic E-state index is 12.1. The van der Waals surface area contributed by atoms with Crippen LogP contribution >= 0.6 is 11.3 Å². The molecule has 0 atom stereocenters. The maximum atomic E-state index is 12.1. The zero-order valence-corrected chi connectivity index (χ0v) is 12.3. The molecule has 0 aliphatic carbocycles.